The van der Waals surface area contributed by atoms with Crippen molar-refractivity contribution in [2.45, 2.75) is 78.9 Å². The lowest BCUT2D eigenvalue weighted by molar-refractivity contribution is -0.117. The number of ether oxygens (including phenoxy) is 3. The molecule has 11 heteroatoms. The number of allylic oxidation sites excluding steroid dienone is 1. The van der Waals surface area contributed by atoms with Gasteiger partial charge in [0.2, 0.25) is 5.91 Å². The molecule has 1 atom stereocenters. The van der Waals surface area contributed by atoms with Gasteiger partial charge in [-0.3, -0.25) is 9.59 Å². The van der Waals surface area contributed by atoms with Gasteiger partial charge in [-0.1, -0.05) is 36.7 Å². The van der Waals surface area contributed by atoms with E-state index in [1.807, 2.05) is 26.0 Å². The van der Waals surface area contributed by atoms with Crippen LogP contribution in [0.15, 0.2) is 41.7 Å². The zero-order valence-corrected chi connectivity index (χ0v) is 27.0. The molecule has 2 aliphatic rings. The van der Waals surface area contributed by atoms with Gasteiger partial charge in [0.15, 0.2) is 5.76 Å². The first-order valence-corrected chi connectivity index (χ1v) is 15.2. The Bertz CT molecular complexity index is 1370. The van der Waals surface area contributed by atoms with E-state index in [2.05, 4.69) is 13.0 Å². The highest BCUT2D eigenvalue weighted by atomic mass is 35.5. The number of para-hydroxylation sites is 1. The summed E-state index contributed by atoms with van der Waals surface area (Å²) in [6.45, 7) is 9.83. The summed E-state index contributed by atoms with van der Waals surface area (Å²) in [5, 5.41) is 0.102. The Labute approximate surface area is 262 Å². The van der Waals surface area contributed by atoms with Crippen molar-refractivity contribution >= 4 is 52.5 Å². The van der Waals surface area contributed by atoms with Gasteiger partial charge in [0.05, 0.1) is 35.2 Å². The van der Waals surface area contributed by atoms with Gasteiger partial charge in [-0.2, -0.15) is 0 Å². The van der Waals surface area contributed by atoms with Crippen LogP contribution in [0.5, 0.6) is 5.75 Å². The van der Waals surface area contributed by atoms with Crippen molar-refractivity contribution in [3.05, 3.63) is 63.6 Å². The molecular weight excluding hydrogens is 598 g/mol. The number of halogens is 3. The zero-order valence-electron chi connectivity index (χ0n) is 25.5. The second kappa shape index (κ2) is 15.5. The van der Waals surface area contributed by atoms with E-state index < -0.39 is 17.8 Å². The number of nitrogens with zero attached hydrogens (tertiary/aromatic N) is 2. The van der Waals surface area contributed by atoms with Gasteiger partial charge >= 0.3 is 12.0 Å². The molecule has 1 heterocycles. The van der Waals surface area contributed by atoms with Crippen molar-refractivity contribution in [2.24, 2.45) is 0 Å². The standard InChI is InChI=1S/C17H17ClFNO4.C15H22ClNO2/c1-9(2)15-16(21)20(17(22)24-15)13-8-14(11(18)7-12(13)19)23-10-5-3-4-6-10;1-5-13-8-6-7-11(2)15(13)17(14(18)9-16)12(3)10-19-4/h7-8,10H,3-6H2,1-2H3;6-8,12H,5,9-10H2,1-4H3. The summed E-state index contributed by atoms with van der Waals surface area (Å²) in [5.41, 5.74) is 3.52. The fourth-order valence-electron chi connectivity index (χ4n) is 5.17. The Balaban J connectivity index is 0.000000243. The second-order valence-corrected chi connectivity index (χ2v) is 11.4. The van der Waals surface area contributed by atoms with E-state index in [4.69, 9.17) is 37.4 Å². The van der Waals surface area contributed by atoms with Crippen molar-refractivity contribution in [3.63, 3.8) is 0 Å². The lowest BCUT2D eigenvalue weighted by Crippen LogP contribution is -2.43. The number of imide groups is 1. The number of amides is 3. The number of anilines is 2. The predicted molar refractivity (Wildman–Crippen MR) is 167 cm³/mol. The molecule has 1 aliphatic heterocycles. The van der Waals surface area contributed by atoms with Crippen LogP contribution >= 0.6 is 23.2 Å². The van der Waals surface area contributed by atoms with Crippen LogP contribution in [0.25, 0.3) is 0 Å². The first kappa shape index (κ1) is 34.4. The zero-order chi connectivity index (χ0) is 31.8. The largest absolute Gasteiger partial charge is 0.489 e. The average Bonchev–Trinajstić information content (AvgIpc) is 3.58. The normalized spacial score (nSPS) is 15.7. The van der Waals surface area contributed by atoms with E-state index in [9.17, 15) is 18.8 Å². The lowest BCUT2D eigenvalue weighted by atomic mass is 10.0. The Hall–Kier alpha value is -3.14. The molecule has 0 N–H and O–H groups in total. The predicted octanol–water partition coefficient (Wildman–Crippen LogP) is 7.74. The number of methoxy groups -OCH3 is 1. The molecule has 2 aromatic rings. The third-order valence-electron chi connectivity index (χ3n) is 7.24. The minimum atomic E-state index is -0.941. The maximum atomic E-state index is 14.3. The van der Waals surface area contributed by atoms with Gasteiger partial charge in [0, 0.05) is 13.2 Å². The lowest BCUT2D eigenvalue weighted by Gasteiger charge is -2.31. The molecular formula is C32H39Cl2FN2O6. The molecule has 43 heavy (non-hydrogen) atoms. The number of carbonyl (C=O) groups excluding carboxylic acids is 3. The maximum absolute atomic E-state index is 14.3. The van der Waals surface area contributed by atoms with Gasteiger partial charge in [-0.05, 0) is 82.6 Å². The minimum Gasteiger partial charge on any atom is -0.489 e. The Morgan fingerprint density at radius 3 is 2.44 bits per heavy atom. The summed E-state index contributed by atoms with van der Waals surface area (Å²) in [7, 11) is 1.64. The molecule has 2 fully saturated rings. The van der Waals surface area contributed by atoms with Gasteiger partial charge in [-0.15, -0.1) is 11.6 Å². The molecule has 1 aliphatic carbocycles. The molecule has 234 valence electrons. The van der Waals surface area contributed by atoms with Crippen LogP contribution in [-0.4, -0.2) is 49.7 Å². The molecule has 0 aromatic heterocycles. The van der Waals surface area contributed by atoms with Crippen LogP contribution < -0.4 is 14.5 Å². The monoisotopic (exact) mass is 636 g/mol. The third kappa shape index (κ3) is 8.08. The quantitative estimate of drug-likeness (QED) is 0.207. The van der Waals surface area contributed by atoms with Gasteiger partial charge < -0.3 is 19.1 Å². The van der Waals surface area contributed by atoms with E-state index in [1.54, 1.807) is 25.9 Å². The molecule has 0 bridgehead atoms. The van der Waals surface area contributed by atoms with Crippen LogP contribution in [-0.2, 0) is 25.5 Å². The molecule has 2 aromatic carbocycles. The van der Waals surface area contributed by atoms with E-state index in [1.165, 1.54) is 6.07 Å². The average molecular weight is 638 g/mol. The Morgan fingerprint density at radius 2 is 1.88 bits per heavy atom. The second-order valence-electron chi connectivity index (χ2n) is 10.7. The maximum Gasteiger partial charge on any atom is 0.427 e. The fourth-order valence-corrected chi connectivity index (χ4v) is 5.49. The molecule has 0 spiro atoms. The minimum absolute atomic E-state index is 0.00962. The Kier molecular flexibility index (Phi) is 12.4. The number of hydrogen-bond acceptors (Lipinski definition) is 6. The van der Waals surface area contributed by atoms with Crippen molar-refractivity contribution < 1.29 is 33.0 Å². The highest BCUT2D eigenvalue weighted by Crippen LogP contribution is 2.37. The number of aryl methyl sites for hydroxylation is 2. The number of hydrogen-bond donors (Lipinski definition) is 0. The van der Waals surface area contributed by atoms with E-state index in [-0.39, 0.29) is 46.2 Å². The highest BCUT2D eigenvalue weighted by Gasteiger charge is 2.40. The van der Waals surface area contributed by atoms with Crippen molar-refractivity contribution in [3.8, 4) is 5.75 Å². The summed E-state index contributed by atoms with van der Waals surface area (Å²) in [6, 6.07) is 8.37. The number of carbonyl (C=O) groups is 3. The molecule has 0 radical (unpaired) electrons. The van der Waals surface area contributed by atoms with Crippen molar-refractivity contribution in [1.29, 1.82) is 0 Å². The smallest absolute Gasteiger partial charge is 0.427 e. The van der Waals surface area contributed by atoms with Crippen molar-refractivity contribution in [2.75, 3.05) is 29.4 Å². The number of benzene rings is 2. The third-order valence-corrected chi connectivity index (χ3v) is 7.76. The van der Waals surface area contributed by atoms with Gasteiger partial charge in [-0.25, -0.2) is 14.1 Å². The molecule has 1 saturated carbocycles. The Morgan fingerprint density at radius 1 is 1.21 bits per heavy atom. The van der Waals surface area contributed by atoms with E-state index in [0.717, 1.165) is 55.0 Å². The SMILES string of the molecule is CC(C)=C1OC(=O)N(c2cc(OC3CCCC3)c(Cl)cc2F)C1=O.CCc1cccc(C)c1N(C(=O)CCl)C(C)COC. The summed E-state index contributed by atoms with van der Waals surface area (Å²) in [4.78, 5) is 39.0. The number of alkyl halides is 1. The van der Waals surface area contributed by atoms with Crippen LogP contribution in [0, 0.1) is 12.7 Å². The van der Waals surface area contributed by atoms with Gasteiger partial charge in [0.25, 0.3) is 0 Å². The number of rotatable bonds is 9. The summed E-state index contributed by atoms with van der Waals surface area (Å²) < 4.78 is 30.2. The topological polar surface area (TPSA) is 85.4 Å². The summed E-state index contributed by atoms with van der Waals surface area (Å²) in [6.07, 6.45) is 3.88. The molecule has 8 nitrogen and oxygen atoms in total. The first-order valence-electron chi connectivity index (χ1n) is 14.3. The van der Waals surface area contributed by atoms with Crippen molar-refractivity contribution in [1.82, 2.24) is 0 Å². The molecule has 1 saturated heterocycles. The highest BCUT2D eigenvalue weighted by molar-refractivity contribution is 6.32. The van der Waals surface area contributed by atoms with E-state index in [0.29, 0.717) is 17.1 Å². The van der Waals surface area contributed by atoms with E-state index >= 15 is 0 Å². The molecule has 4 rings (SSSR count). The van der Waals surface area contributed by atoms with Crippen LogP contribution in [0.3, 0.4) is 0 Å². The number of cyclic esters (lactones) is 1. The van der Waals surface area contributed by atoms with Crippen LogP contribution in [0.2, 0.25) is 5.02 Å². The summed E-state index contributed by atoms with van der Waals surface area (Å²) >= 11 is 11.8. The first-order chi connectivity index (χ1) is 20.4. The fraction of sp³-hybridized carbons (Fsp3) is 0.469. The van der Waals surface area contributed by atoms with Crippen LogP contribution in [0.1, 0.15) is 64.5 Å². The molecule has 3 amide bonds. The molecule has 1 unspecified atom stereocenters. The summed E-state index contributed by atoms with van der Waals surface area (Å²) in [5.74, 6) is -1.44. The van der Waals surface area contributed by atoms with Gasteiger partial charge in [0.1, 0.15) is 17.4 Å². The van der Waals surface area contributed by atoms with Crippen LogP contribution in [0.4, 0.5) is 20.6 Å².